The van der Waals surface area contributed by atoms with Crippen molar-refractivity contribution in [3.63, 3.8) is 0 Å². The molecular weight excluding hydrogens is 248 g/mol. The van der Waals surface area contributed by atoms with E-state index in [0.717, 1.165) is 9.99 Å². The maximum atomic E-state index is 10.8. The fourth-order valence-corrected chi connectivity index (χ4v) is 1.74. The van der Waals surface area contributed by atoms with Crippen molar-refractivity contribution in [2.24, 2.45) is 7.05 Å². The molecule has 0 amide bonds. The van der Waals surface area contributed by atoms with Crippen molar-refractivity contribution < 1.29 is 9.90 Å². The molecule has 14 heavy (non-hydrogen) atoms. The van der Waals surface area contributed by atoms with Crippen molar-refractivity contribution >= 4 is 32.8 Å². The summed E-state index contributed by atoms with van der Waals surface area (Å²) in [5.74, 6) is -1.00. The summed E-state index contributed by atoms with van der Waals surface area (Å²) in [4.78, 5) is 10.8. The third-order valence-electron chi connectivity index (χ3n) is 2.02. The van der Waals surface area contributed by atoms with E-state index in [1.54, 1.807) is 23.9 Å². The van der Waals surface area contributed by atoms with Gasteiger partial charge in [0.2, 0.25) is 0 Å². The number of aromatic carboxylic acids is 1. The maximum absolute atomic E-state index is 10.8. The van der Waals surface area contributed by atoms with Gasteiger partial charge in [0.25, 0.3) is 0 Å². The molecule has 0 spiro atoms. The molecule has 0 fully saturated rings. The molecule has 0 saturated heterocycles. The minimum Gasteiger partial charge on any atom is -0.476 e. The highest BCUT2D eigenvalue weighted by Gasteiger charge is 2.14. The van der Waals surface area contributed by atoms with Crippen molar-refractivity contribution in [3.05, 3.63) is 28.4 Å². The molecule has 1 aromatic heterocycles. The quantitative estimate of drug-likeness (QED) is 0.848. The number of benzene rings is 1. The van der Waals surface area contributed by atoms with Crippen LogP contribution in [-0.4, -0.2) is 20.9 Å². The van der Waals surface area contributed by atoms with Crippen molar-refractivity contribution in [2.45, 2.75) is 0 Å². The predicted octanol–water partition coefficient (Wildman–Crippen LogP) is 2.03. The number of halogens is 1. The Hall–Kier alpha value is -1.36. The lowest BCUT2D eigenvalue weighted by Gasteiger charge is -1.93. The number of carboxylic acids is 1. The summed E-state index contributed by atoms with van der Waals surface area (Å²) >= 11 is 3.32. The first kappa shape index (κ1) is 9.21. The minimum atomic E-state index is -1.00. The number of fused-ring (bicyclic) bond motifs is 1. The van der Waals surface area contributed by atoms with Gasteiger partial charge < -0.3 is 5.11 Å². The van der Waals surface area contributed by atoms with Gasteiger partial charge in [-0.25, -0.2) is 4.79 Å². The molecule has 1 aromatic carbocycles. The Balaban J connectivity index is 2.84. The summed E-state index contributed by atoms with van der Waals surface area (Å²) in [5, 5.41) is 13.5. The van der Waals surface area contributed by atoms with Gasteiger partial charge in [-0.05, 0) is 18.2 Å². The second kappa shape index (κ2) is 3.09. The molecule has 0 saturated carbocycles. The Morgan fingerprint density at radius 1 is 1.57 bits per heavy atom. The van der Waals surface area contributed by atoms with Gasteiger partial charge in [-0.2, -0.15) is 5.10 Å². The third-order valence-corrected chi connectivity index (χ3v) is 2.51. The van der Waals surface area contributed by atoms with E-state index in [-0.39, 0.29) is 5.69 Å². The summed E-state index contributed by atoms with van der Waals surface area (Å²) in [6.45, 7) is 0. The summed E-state index contributed by atoms with van der Waals surface area (Å²) in [5.41, 5.74) is 0.895. The van der Waals surface area contributed by atoms with Crippen LogP contribution in [0.5, 0.6) is 0 Å². The van der Waals surface area contributed by atoms with Crippen LogP contribution in [0, 0.1) is 0 Å². The van der Waals surface area contributed by atoms with Crippen LogP contribution in [0.25, 0.3) is 10.9 Å². The fourth-order valence-electron chi connectivity index (χ4n) is 1.39. The van der Waals surface area contributed by atoms with Crippen LogP contribution in [0.15, 0.2) is 22.7 Å². The number of aromatic nitrogens is 2. The van der Waals surface area contributed by atoms with Gasteiger partial charge in [-0.1, -0.05) is 15.9 Å². The fraction of sp³-hybridized carbons (Fsp3) is 0.111. The van der Waals surface area contributed by atoms with Crippen molar-refractivity contribution in [2.75, 3.05) is 0 Å². The van der Waals surface area contributed by atoms with E-state index in [0.29, 0.717) is 5.39 Å². The average Bonchev–Trinajstić information content (AvgIpc) is 2.44. The standard InChI is InChI=1S/C9H7BrN2O2/c1-12-7-4-5(10)2-3-6(7)8(11-12)9(13)14/h2-4H,1H3,(H,13,14). The number of hydrogen-bond acceptors (Lipinski definition) is 2. The second-order valence-electron chi connectivity index (χ2n) is 2.94. The van der Waals surface area contributed by atoms with Crippen LogP contribution >= 0.6 is 15.9 Å². The number of rotatable bonds is 1. The van der Waals surface area contributed by atoms with E-state index < -0.39 is 5.97 Å². The highest BCUT2D eigenvalue weighted by molar-refractivity contribution is 9.10. The van der Waals surface area contributed by atoms with Gasteiger partial charge in [0.05, 0.1) is 5.52 Å². The Bertz CT molecular complexity index is 519. The molecule has 0 aliphatic rings. The third kappa shape index (κ3) is 1.29. The predicted molar refractivity (Wildman–Crippen MR) is 55.4 cm³/mol. The Kier molecular flexibility index (Phi) is 2.03. The highest BCUT2D eigenvalue weighted by Crippen LogP contribution is 2.22. The summed E-state index contributed by atoms with van der Waals surface area (Å²) in [6.07, 6.45) is 0. The smallest absolute Gasteiger partial charge is 0.357 e. The van der Waals surface area contributed by atoms with E-state index in [4.69, 9.17) is 5.11 Å². The molecule has 2 rings (SSSR count). The molecule has 0 radical (unpaired) electrons. The van der Waals surface area contributed by atoms with Crippen LogP contribution < -0.4 is 0 Å². The van der Waals surface area contributed by atoms with E-state index in [1.165, 1.54) is 0 Å². The Labute approximate surface area is 88.3 Å². The Morgan fingerprint density at radius 2 is 2.29 bits per heavy atom. The van der Waals surface area contributed by atoms with Gasteiger partial charge in [0.1, 0.15) is 0 Å². The molecule has 1 heterocycles. The molecule has 0 atom stereocenters. The normalized spacial score (nSPS) is 10.7. The van der Waals surface area contributed by atoms with Crippen molar-refractivity contribution in [3.8, 4) is 0 Å². The molecule has 4 nitrogen and oxygen atoms in total. The lowest BCUT2D eigenvalue weighted by Crippen LogP contribution is -1.99. The first-order valence-electron chi connectivity index (χ1n) is 3.95. The number of hydrogen-bond donors (Lipinski definition) is 1. The zero-order chi connectivity index (χ0) is 10.3. The van der Waals surface area contributed by atoms with Crippen molar-refractivity contribution in [1.29, 1.82) is 0 Å². The SMILES string of the molecule is Cn1nc(C(=O)O)c2ccc(Br)cc21. The lowest BCUT2D eigenvalue weighted by atomic mass is 10.2. The van der Waals surface area contributed by atoms with Gasteiger partial charge in [0, 0.05) is 16.9 Å². The van der Waals surface area contributed by atoms with Crippen molar-refractivity contribution in [1.82, 2.24) is 9.78 Å². The molecule has 0 aliphatic heterocycles. The molecule has 2 aromatic rings. The van der Waals surface area contributed by atoms with E-state index in [2.05, 4.69) is 21.0 Å². The number of nitrogens with zero attached hydrogens (tertiary/aromatic N) is 2. The number of carboxylic acid groups (broad SMARTS) is 1. The van der Waals surface area contributed by atoms with E-state index in [9.17, 15) is 4.79 Å². The lowest BCUT2D eigenvalue weighted by molar-refractivity contribution is 0.0691. The number of carbonyl (C=O) groups is 1. The van der Waals surface area contributed by atoms with E-state index in [1.807, 2.05) is 6.07 Å². The van der Waals surface area contributed by atoms with Gasteiger partial charge in [-0.15, -0.1) is 0 Å². The molecule has 5 heteroatoms. The summed E-state index contributed by atoms with van der Waals surface area (Å²) in [7, 11) is 1.72. The van der Waals surface area contributed by atoms with E-state index >= 15 is 0 Å². The molecule has 0 unspecified atom stereocenters. The molecule has 0 bridgehead atoms. The summed E-state index contributed by atoms with van der Waals surface area (Å²) in [6, 6.07) is 5.39. The van der Waals surface area contributed by atoms with Crippen LogP contribution in [0.2, 0.25) is 0 Å². The molecular formula is C9H7BrN2O2. The molecule has 72 valence electrons. The largest absolute Gasteiger partial charge is 0.476 e. The minimum absolute atomic E-state index is 0.0926. The monoisotopic (exact) mass is 254 g/mol. The molecule has 1 N–H and O–H groups in total. The van der Waals surface area contributed by atoms with Gasteiger partial charge in [-0.3, -0.25) is 4.68 Å². The van der Waals surface area contributed by atoms with Crippen LogP contribution in [0.1, 0.15) is 10.5 Å². The first-order chi connectivity index (χ1) is 6.59. The average molecular weight is 255 g/mol. The zero-order valence-corrected chi connectivity index (χ0v) is 8.95. The van der Waals surface area contributed by atoms with Crippen LogP contribution in [0.3, 0.4) is 0 Å². The topological polar surface area (TPSA) is 55.1 Å². The zero-order valence-electron chi connectivity index (χ0n) is 7.36. The second-order valence-corrected chi connectivity index (χ2v) is 3.85. The van der Waals surface area contributed by atoms with Crippen LogP contribution in [0.4, 0.5) is 0 Å². The van der Waals surface area contributed by atoms with Gasteiger partial charge in [0.15, 0.2) is 5.69 Å². The maximum Gasteiger partial charge on any atom is 0.357 e. The highest BCUT2D eigenvalue weighted by atomic mass is 79.9. The first-order valence-corrected chi connectivity index (χ1v) is 4.74. The number of aryl methyl sites for hydroxylation is 1. The summed E-state index contributed by atoms with van der Waals surface area (Å²) < 4.78 is 2.47. The Morgan fingerprint density at radius 3 is 2.93 bits per heavy atom. The van der Waals surface area contributed by atoms with Crippen LogP contribution in [-0.2, 0) is 7.05 Å². The van der Waals surface area contributed by atoms with Gasteiger partial charge >= 0.3 is 5.97 Å². The molecule has 0 aliphatic carbocycles.